The van der Waals surface area contributed by atoms with Crippen molar-refractivity contribution >= 4 is 35.1 Å². The van der Waals surface area contributed by atoms with E-state index in [1.807, 2.05) is 0 Å². The maximum Gasteiger partial charge on any atom is 0.114 e. The summed E-state index contributed by atoms with van der Waals surface area (Å²) in [7, 11) is 6.21. The highest BCUT2D eigenvalue weighted by atomic mass is 15.2. The molecule has 1 unspecified atom stereocenters. The summed E-state index contributed by atoms with van der Waals surface area (Å²) in [4.78, 5) is 2.59. The van der Waals surface area contributed by atoms with Crippen LogP contribution in [0.15, 0.2) is 30.3 Å². The maximum atomic E-state index is 6.21. The maximum absolute atomic E-state index is 6.21. The number of benzene rings is 2. The zero-order chi connectivity index (χ0) is 18.3. The summed E-state index contributed by atoms with van der Waals surface area (Å²) in [6.07, 6.45) is 1.17. The van der Waals surface area contributed by atoms with Gasteiger partial charge in [-0.15, -0.1) is 0 Å². The van der Waals surface area contributed by atoms with Crippen LogP contribution in [0.4, 0.5) is 0 Å². The van der Waals surface area contributed by atoms with Crippen LogP contribution in [-0.2, 0) is 6.54 Å². The minimum absolute atomic E-state index is 0.602. The molecule has 2 radical (unpaired) electrons. The summed E-state index contributed by atoms with van der Waals surface area (Å²) in [6.45, 7) is 12.2. The Balaban J connectivity index is 1.65. The van der Waals surface area contributed by atoms with Crippen molar-refractivity contribution in [3.63, 3.8) is 0 Å². The van der Waals surface area contributed by atoms with E-state index in [4.69, 9.17) is 7.85 Å². The number of aromatic nitrogens is 1. The first-order valence-electron chi connectivity index (χ1n) is 9.77. The number of hydrogen-bond donors (Lipinski definition) is 1. The standard InChI is InChI=1S/C22H28BN3/c1-15-5-6-21-18(11-15)19-13-20(23)16(2)12-22(19)26(21)9-4-8-25-10-7-24-17(3)14-25/h5-6,11-13,17,24H,4,7-10,14H2,1-3H3. The second kappa shape index (κ2) is 7.09. The fourth-order valence-corrected chi connectivity index (χ4v) is 4.29. The molecule has 1 aliphatic heterocycles. The van der Waals surface area contributed by atoms with Gasteiger partial charge in [0.15, 0.2) is 0 Å². The fraction of sp³-hybridized carbons (Fsp3) is 0.455. The highest BCUT2D eigenvalue weighted by molar-refractivity contribution is 6.35. The first-order chi connectivity index (χ1) is 12.5. The molecule has 2 heterocycles. The quantitative estimate of drug-likeness (QED) is 0.734. The van der Waals surface area contributed by atoms with E-state index < -0.39 is 0 Å². The Morgan fingerprint density at radius 1 is 1.08 bits per heavy atom. The van der Waals surface area contributed by atoms with Crippen LogP contribution in [0, 0.1) is 13.8 Å². The van der Waals surface area contributed by atoms with Gasteiger partial charge in [-0.3, -0.25) is 0 Å². The van der Waals surface area contributed by atoms with Gasteiger partial charge in [0.25, 0.3) is 0 Å². The molecule has 1 aromatic heterocycles. The predicted molar refractivity (Wildman–Crippen MR) is 113 cm³/mol. The predicted octanol–water partition coefficient (Wildman–Crippen LogP) is 2.89. The minimum Gasteiger partial charge on any atom is -0.340 e. The second-order valence-corrected chi connectivity index (χ2v) is 7.91. The van der Waals surface area contributed by atoms with Gasteiger partial charge >= 0.3 is 0 Å². The van der Waals surface area contributed by atoms with Crippen LogP contribution >= 0.6 is 0 Å². The molecule has 0 saturated carbocycles. The van der Waals surface area contributed by atoms with Crippen molar-refractivity contribution in [1.29, 1.82) is 0 Å². The van der Waals surface area contributed by atoms with E-state index in [1.165, 1.54) is 33.8 Å². The van der Waals surface area contributed by atoms with Crippen molar-refractivity contribution in [3.8, 4) is 0 Å². The third kappa shape index (κ3) is 3.28. The van der Waals surface area contributed by atoms with E-state index in [0.29, 0.717) is 6.04 Å². The molecule has 2 aromatic carbocycles. The average molecular weight is 345 g/mol. The van der Waals surface area contributed by atoms with Crippen molar-refractivity contribution in [2.24, 2.45) is 0 Å². The summed E-state index contributed by atoms with van der Waals surface area (Å²) >= 11 is 0. The molecule has 1 atom stereocenters. The lowest BCUT2D eigenvalue weighted by Crippen LogP contribution is -2.49. The number of rotatable bonds is 4. The Labute approximate surface area is 157 Å². The third-order valence-corrected chi connectivity index (χ3v) is 5.72. The molecule has 1 aliphatic rings. The Morgan fingerprint density at radius 3 is 2.69 bits per heavy atom. The Kier molecular flexibility index (Phi) is 4.81. The van der Waals surface area contributed by atoms with Crippen LogP contribution in [0.1, 0.15) is 24.5 Å². The summed E-state index contributed by atoms with van der Waals surface area (Å²) in [5.41, 5.74) is 5.97. The number of nitrogens with zero attached hydrogens (tertiary/aromatic N) is 2. The molecule has 4 rings (SSSR count). The molecule has 0 bridgehead atoms. The van der Waals surface area contributed by atoms with Gasteiger partial charge in [0, 0.05) is 54.0 Å². The Morgan fingerprint density at radius 2 is 1.88 bits per heavy atom. The van der Waals surface area contributed by atoms with E-state index in [9.17, 15) is 0 Å². The SMILES string of the molecule is [B]c1cc2c3cc(C)ccc3n(CCCN3CCNC(C)C3)c2cc1C. The lowest BCUT2D eigenvalue weighted by molar-refractivity contribution is 0.203. The second-order valence-electron chi connectivity index (χ2n) is 7.91. The van der Waals surface area contributed by atoms with Gasteiger partial charge < -0.3 is 14.8 Å². The number of fused-ring (bicyclic) bond motifs is 3. The molecule has 1 fully saturated rings. The molecule has 134 valence electrons. The van der Waals surface area contributed by atoms with E-state index in [-0.39, 0.29) is 0 Å². The minimum atomic E-state index is 0.602. The molecule has 3 aromatic rings. The van der Waals surface area contributed by atoms with Crippen molar-refractivity contribution < 1.29 is 0 Å². The van der Waals surface area contributed by atoms with E-state index >= 15 is 0 Å². The van der Waals surface area contributed by atoms with Crippen LogP contribution in [0.25, 0.3) is 21.8 Å². The molecule has 26 heavy (non-hydrogen) atoms. The lowest BCUT2D eigenvalue weighted by Gasteiger charge is -2.31. The van der Waals surface area contributed by atoms with Crippen LogP contribution < -0.4 is 10.8 Å². The highest BCUT2D eigenvalue weighted by Gasteiger charge is 2.16. The van der Waals surface area contributed by atoms with Gasteiger partial charge in [-0.05, 0) is 51.9 Å². The van der Waals surface area contributed by atoms with Gasteiger partial charge in [-0.25, -0.2) is 0 Å². The molecule has 4 heteroatoms. The molecular formula is C22H28BN3. The summed E-state index contributed by atoms with van der Waals surface area (Å²) < 4.78 is 2.49. The topological polar surface area (TPSA) is 20.2 Å². The van der Waals surface area contributed by atoms with E-state index in [2.05, 4.69) is 65.9 Å². The van der Waals surface area contributed by atoms with Gasteiger partial charge in [0.2, 0.25) is 0 Å². The van der Waals surface area contributed by atoms with Crippen molar-refractivity contribution in [1.82, 2.24) is 14.8 Å². The molecule has 0 amide bonds. The molecule has 0 aliphatic carbocycles. The molecule has 0 spiro atoms. The summed E-state index contributed by atoms with van der Waals surface area (Å²) in [5.74, 6) is 0. The summed E-state index contributed by atoms with van der Waals surface area (Å²) in [6, 6.07) is 11.8. The van der Waals surface area contributed by atoms with Gasteiger partial charge in [-0.1, -0.05) is 28.7 Å². The van der Waals surface area contributed by atoms with Crippen LogP contribution in [0.2, 0.25) is 0 Å². The number of aryl methyl sites for hydroxylation is 3. The van der Waals surface area contributed by atoms with Crippen LogP contribution in [0.3, 0.4) is 0 Å². The molecular weight excluding hydrogens is 317 g/mol. The van der Waals surface area contributed by atoms with E-state index in [1.54, 1.807) is 0 Å². The Bertz CT molecular complexity index is 944. The lowest BCUT2D eigenvalue weighted by atomic mass is 9.89. The molecule has 1 N–H and O–H groups in total. The van der Waals surface area contributed by atoms with Crippen molar-refractivity contribution in [2.75, 3.05) is 26.2 Å². The monoisotopic (exact) mass is 345 g/mol. The average Bonchev–Trinajstić information content (AvgIpc) is 2.88. The van der Waals surface area contributed by atoms with Crippen molar-refractivity contribution in [2.45, 2.75) is 39.8 Å². The number of piperazine rings is 1. The van der Waals surface area contributed by atoms with Crippen LogP contribution in [-0.4, -0.2) is 49.5 Å². The van der Waals surface area contributed by atoms with Gasteiger partial charge in [0.1, 0.15) is 7.85 Å². The third-order valence-electron chi connectivity index (χ3n) is 5.72. The normalized spacial score (nSPS) is 18.8. The first-order valence-corrected chi connectivity index (χ1v) is 9.77. The number of nitrogens with one attached hydrogen (secondary N) is 1. The zero-order valence-corrected chi connectivity index (χ0v) is 16.2. The molecule has 3 nitrogen and oxygen atoms in total. The van der Waals surface area contributed by atoms with Gasteiger partial charge in [-0.2, -0.15) is 0 Å². The summed E-state index contributed by atoms with van der Waals surface area (Å²) in [5, 5.41) is 6.12. The fourth-order valence-electron chi connectivity index (χ4n) is 4.29. The molecule has 1 saturated heterocycles. The number of hydrogen-bond acceptors (Lipinski definition) is 2. The van der Waals surface area contributed by atoms with E-state index in [0.717, 1.165) is 43.8 Å². The van der Waals surface area contributed by atoms with Gasteiger partial charge in [0.05, 0.1) is 0 Å². The first kappa shape index (κ1) is 17.6. The smallest absolute Gasteiger partial charge is 0.114 e. The zero-order valence-electron chi connectivity index (χ0n) is 16.2. The van der Waals surface area contributed by atoms with Crippen LogP contribution in [0.5, 0.6) is 0 Å². The largest absolute Gasteiger partial charge is 0.340 e. The Hall–Kier alpha value is -1.78. The highest BCUT2D eigenvalue weighted by Crippen LogP contribution is 2.30. The van der Waals surface area contributed by atoms with Crippen molar-refractivity contribution in [3.05, 3.63) is 41.5 Å².